The Morgan fingerprint density at radius 3 is 2.65 bits per heavy atom. The van der Waals surface area contributed by atoms with E-state index in [-0.39, 0.29) is 18.3 Å². The van der Waals surface area contributed by atoms with E-state index in [1.807, 2.05) is 42.5 Å². The zero-order valence-corrected chi connectivity index (χ0v) is 16.4. The number of thioether (sulfide) groups is 1. The molecule has 2 rings (SSSR count). The van der Waals surface area contributed by atoms with Gasteiger partial charge in [-0.25, -0.2) is 0 Å². The van der Waals surface area contributed by atoms with E-state index in [1.165, 1.54) is 11.8 Å². The van der Waals surface area contributed by atoms with Gasteiger partial charge >= 0.3 is 5.97 Å². The number of rotatable bonds is 9. The highest BCUT2D eigenvalue weighted by atomic mass is 35.5. The third-order valence-electron chi connectivity index (χ3n) is 3.42. The molecule has 0 aliphatic carbocycles. The molecule has 0 unspecified atom stereocenters. The van der Waals surface area contributed by atoms with Crippen LogP contribution in [0.3, 0.4) is 0 Å². The lowest BCUT2D eigenvalue weighted by atomic mass is 10.1. The lowest BCUT2D eigenvalue weighted by Gasteiger charge is -2.07. The SMILES string of the molecule is O=C(COC(=O)CSCc1ccccc1Cl)NCCc1cccc(Cl)c1. The van der Waals surface area contributed by atoms with Crippen LogP contribution in [0.15, 0.2) is 48.5 Å². The topological polar surface area (TPSA) is 55.4 Å². The Labute approximate surface area is 167 Å². The molecule has 0 heterocycles. The van der Waals surface area contributed by atoms with E-state index in [1.54, 1.807) is 6.07 Å². The molecule has 0 bridgehead atoms. The van der Waals surface area contributed by atoms with Gasteiger partial charge < -0.3 is 10.1 Å². The molecule has 138 valence electrons. The van der Waals surface area contributed by atoms with Crippen molar-refractivity contribution in [2.45, 2.75) is 12.2 Å². The van der Waals surface area contributed by atoms with Crippen molar-refractivity contribution in [3.05, 3.63) is 69.7 Å². The predicted octanol–water partition coefficient (Wildman–Crippen LogP) is 4.13. The zero-order valence-electron chi connectivity index (χ0n) is 14.0. The van der Waals surface area contributed by atoms with Crippen molar-refractivity contribution in [1.29, 1.82) is 0 Å². The summed E-state index contributed by atoms with van der Waals surface area (Å²) >= 11 is 13.4. The largest absolute Gasteiger partial charge is 0.455 e. The molecule has 0 aliphatic rings. The maximum Gasteiger partial charge on any atom is 0.316 e. The minimum absolute atomic E-state index is 0.168. The van der Waals surface area contributed by atoms with E-state index in [9.17, 15) is 9.59 Å². The molecule has 0 radical (unpaired) electrons. The number of ether oxygens (including phenoxy) is 1. The average Bonchev–Trinajstić information content (AvgIpc) is 2.62. The Morgan fingerprint density at radius 2 is 1.88 bits per heavy atom. The van der Waals surface area contributed by atoms with Crippen LogP contribution < -0.4 is 5.32 Å². The Hall–Kier alpha value is -1.69. The molecule has 4 nitrogen and oxygen atoms in total. The summed E-state index contributed by atoms with van der Waals surface area (Å²) < 4.78 is 4.97. The highest BCUT2D eigenvalue weighted by molar-refractivity contribution is 7.99. The van der Waals surface area contributed by atoms with Crippen LogP contribution in [0.25, 0.3) is 0 Å². The summed E-state index contributed by atoms with van der Waals surface area (Å²) in [6, 6.07) is 14.9. The van der Waals surface area contributed by atoms with Crippen LogP contribution in [0.2, 0.25) is 10.0 Å². The first-order valence-corrected chi connectivity index (χ1v) is 9.93. The van der Waals surface area contributed by atoms with Crippen molar-refractivity contribution in [3.63, 3.8) is 0 Å². The quantitative estimate of drug-likeness (QED) is 0.630. The number of esters is 1. The molecular formula is C19H19Cl2NO3S. The fourth-order valence-electron chi connectivity index (χ4n) is 2.14. The van der Waals surface area contributed by atoms with Crippen molar-refractivity contribution in [2.75, 3.05) is 18.9 Å². The first-order chi connectivity index (χ1) is 12.5. The van der Waals surface area contributed by atoms with Gasteiger partial charge in [-0.05, 0) is 35.7 Å². The second-order valence-electron chi connectivity index (χ2n) is 5.47. The fourth-order valence-corrected chi connectivity index (χ4v) is 3.46. The highest BCUT2D eigenvalue weighted by Crippen LogP contribution is 2.20. The average molecular weight is 412 g/mol. The Bertz CT molecular complexity index is 755. The molecular weight excluding hydrogens is 393 g/mol. The van der Waals surface area contributed by atoms with Crippen molar-refractivity contribution in [1.82, 2.24) is 5.32 Å². The van der Waals surface area contributed by atoms with Gasteiger partial charge in [0, 0.05) is 22.3 Å². The molecule has 26 heavy (non-hydrogen) atoms. The van der Waals surface area contributed by atoms with E-state index >= 15 is 0 Å². The normalized spacial score (nSPS) is 10.4. The molecule has 1 amide bonds. The summed E-state index contributed by atoms with van der Waals surface area (Å²) in [5, 5.41) is 4.05. The molecule has 0 atom stereocenters. The van der Waals surface area contributed by atoms with Gasteiger partial charge in [0.25, 0.3) is 5.91 Å². The molecule has 2 aromatic rings. The maximum absolute atomic E-state index is 11.7. The summed E-state index contributed by atoms with van der Waals surface area (Å²) in [7, 11) is 0. The van der Waals surface area contributed by atoms with E-state index in [2.05, 4.69) is 5.32 Å². The number of benzene rings is 2. The first-order valence-electron chi connectivity index (χ1n) is 8.02. The standard InChI is InChI=1S/C19H19Cl2NO3S/c20-16-6-3-4-14(10-16)8-9-22-18(23)11-25-19(24)13-26-12-15-5-1-2-7-17(15)21/h1-7,10H,8-9,11-13H2,(H,22,23). The molecule has 2 aromatic carbocycles. The van der Waals surface area contributed by atoms with Crippen LogP contribution in [0.5, 0.6) is 0 Å². The van der Waals surface area contributed by atoms with Crippen LogP contribution in [-0.2, 0) is 26.5 Å². The number of halogens is 2. The van der Waals surface area contributed by atoms with E-state index < -0.39 is 5.97 Å². The molecule has 0 aliphatic heterocycles. The third-order valence-corrected chi connectivity index (χ3v) is 4.98. The van der Waals surface area contributed by atoms with Crippen LogP contribution in [0.4, 0.5) is 0 Å². The molecule has 0 spiro atoms. The van der Waals surface area contributed by atoms with E-state index in [4.69, 9.17) is 27.9 Å². The van der Waals surface area contributed by atoms with Crippen LogP contribution in [0.1, 0.15) is 11.1 Å². The Kier molecular flexibility index (Phi) is 8.81. The monoisotopic (exact) mass is 411 g/mol. The van der Waals surface area contributed by atoms with Crippen molar-refractivity contribution in [2.24, 2.45) is 0 Å². The minimum atomic E-state index is -0.424. The van der Waals surface area contributed by atoms with Gasteiger partial charge in [0.1, 0.15) is 0 Å². The number of hydrogen-bond acceptors (Lipinski definition) is 4. The summed E-state index contributed by atoms with van der Waals surface area (Å²) in [6.45, 7) is 0.180. The van der Waals surface area contributed by atoms with Crippen LogP contribution in [-0.4, -0.2) is 30.8 Å². The summed E-state index contributed by atoms with van der Waals surface area (Å²) in [5.41, 5.74) is 2.00. The second-order valence-corrected chi connectivity index (χ2v) is 7.30. The zero-order chi connectivity index (χ0) is 18.8. The van der Waals surface area contributed by atoms with Crippen LogP contribution in [0, 0.1) is 0 Å². The van der Waals surface area contributed by atoms with Crippen LogP contribution >= 0.6 is 35.0 Å². The molecule has 0 saturated carbocycles. The van der Waals surface area contributed by atoms with Crippen molar-refractivity contribution in [3.8, 4) is 0 Å². The number of carbonyl (C=O) groups excluding carboxylic acids is 2. The molecule has 0 fully saturated rings. The van der Waals surface area contributed by atoms with Gasteiger partial charge in [0.2, 0.25) is 0 Å². The maximum atomic E-state index is 11.7. The highest BCUT2D eigenvalue weighted by Gasteiger charge is 2.08. The Balaban J connectivity index is 1.58. The van der Waals surface area contributed by atoms with Crippen molar-refractivity contribution >= 4 is 46.8 Å². The summed E-state index contributed by atoms with van der Waals surface area (Å²) in [5.74, 6) is 0.0327. The number of nitrogens with one attached hydrogen (secondary N) is 1. The number of amides is 1. The minimum Gasteiger partial charge on any atom is -0.455 e. The third kappa shape index (κ3) is 7.68. The van der Waals surface area contributed by atoms with Gasteiger partial charge in [-0.15, -0.1) is 11.8 Å². The van der Waals surface area contributed by atoms with Gasteiger partial charge in [0.05, 0.1) is 5.75 Å². The number of hydrogen-bond donors (Lipinski definition) is 1. The summed E-state index contributed by atoms with van der Waals surface area (Å²) in [4.78, 5) is 23.4. The molecule has 0 aromatic heterocycles. The lowest BCUT2D eigenvalue weighted by Crippen LogP contribution is -2.30. The second kappa shape index (κ2) is 11.1. The fraction of sp³-hybridized carbons (Fsp3) is 0.263. The van der Waals surface area contributed by atoms with Gasteiger partial charge in [-0.3, -0.25) is 9.59 Å². The van der Waals surface area contributed by atoms with Gasteiger partial charge in [-0.1, -0.05) is 53.5 Å². The van der Waals surface area contributed by atoms with Gasteiger partial charge in [-0.2, -0.15) is 0 Å². The van der Waals surface area contributed by atoms with Gasteiger partial charge in [0.15, 0.2) is 6.61 Å². The summed E-state index contributed by atoms with van der Waals surface area (Å²) in [6.07, 6.45) is 0.661. The molecule has 1 N–H and O–H groups in total. The molecule has 0 saturated heterocycles. The molecule has 7 heteroatoms. The lowest BCUT2D eigenvalue weighted by molar-refractivity contribution is -0.145. The number of carbonyl (C=O) groups is 2. The van der Waals surface area contributed by atoms with E-state index in [0.29, 0.717) is 28.8 Å². The smallest absolute Gasteiger partial charge is 0.316 e. The van der Waals surface area contributed by atoms with E-state index in [0.717, 1.165) is 11.1 Å². The van der Waals surface area contributed by atoms with Crippen molar-refractivity contribution < 1.29 is 14.3 Å². The Morgan fingerprint density at radius 1 is 1.08 bits per heavy atom. The predicted molar refractivity (Wildman–Crippen MR) is 107 cm³/mol. The first kappa shape index (κ1) is 20.6.